The highest BCUT2D eigenvalue weighted by Crippen LogP contribution is 2.33. The van der Waals surface area contributed by atoms with Gasteiger partial charge in [-0.3, -0.25) is 4.90 Å². The molecule has 1 aromatic rings. The first-order valence-corrected chi connectivity index (χ1v) is 9.26. The van der Waals surface area contributed by atoms with Crippen LogP contribution in [0.2, 0.25) is 0 Å². The Balaban J connectivity index is 1.96. The molecule has 1 aliphatic rings. The summed E-state index contributed by atoms with van der Waals surface area (Å²) in [5.41, 5.74) is 2.04. The number of thiophene rings is 1. The maximum absolute atomic E-state index is 3.71. The van der Waals surface area contributed by atoms with Crippen LogP contribution < -0.4 is 5.32 Å². The van der Waals surface area contributed by atoms with Crippen molar-refractivity contribution < 1.29 is 0 Å². The van der Waals surface area contributed by atoms with Gasteiger partial charge in [0.1, 0.15) is 0 Å². The largest absolute Gasteiger partial charge is 0.311 e. The summed E-state index contributed by atoms with van der Waals surface area (Å²) in [7, 11) is 0. The van der Waals surface area contributed by atoms with Gasteiger partial charge in [-0.15, -0.1) is 0 Å². The molecular weight excluding hydrogens is 276 g/mol. The Morgan fingerprint density at radius 3 is 2.48 bits per heavy atom. The molecule has 0 spiro atoms. The van der Waals surface area contributed by atoms with Gasteiger partial charge < -0.3 is 5.32 Å². The third kappa shape index (κ3) is 5.72. The summed E-state index contributed by atoms with van der Waals surface area (Å²) in [6.45, 7) is 15.0. The Morgan fingerprint density at radius 2 is 2.00 bits per heavy atom. The van der Waals surface area contributed by atoms with Crippen molar-refractivity contribution >= 4 is 11.3 Å². The van der Waals surface area contributed by atoms with Crippen molar-refractivity contribution in [3.8, 4) is 0 Å². The van der Waals surface area contributed by atoms with Crippen molar-refractivity contribution in [2.24, 2.45) is 5.41 Å². The highest BCUT2D eigenvalue weighted by Gasteiger charge is 2.34. The van der Waals surface area contributed by atoms with Gasteiger partial charge >= 0.3 is 0 Å². The smallest absolute Gasteiger partial charge is 0.0245 e. The molecule has 0 aromatic carbocycles. The van der Waals surface area contributed by atoms with E-state index in [1.54, 1.807) is 0 Å². The van der Waals surface area contributed by atoms with Gasteiger partial charge in [0, 0.05) is 31.2 Å². The maximum atomic E-state index is 3.71. The lowest BCUT2D eigenvalue weighted by molar-refractivity contribution is 0.134. The Kier molecular flexibility index (Phi) is 5.50. The van der Waals surface area contributed by atoms with Gasteiger partial charge in [-0.1, -0.05) is 13.8 Å². The minimum atomic E-state index is 0.203. The van der Waals surface area contributed by atoms with Crippen LogP contribution in [0.4, 0.5) is 0 Å². The van der Waals surface area contributed by atoms with Crippen LogP contribution in [0.15, 0.2) is 16.8 Å². The minimum Gasteiger partial charge on any atom is -0.311 e. The van der Waals surface area contributed by atoms with Gasteiger partial charge in [-0.05, 0) is 67.8 Å². The van der Waals surface area contributed by atoms with Gasteiger partial charge in [-0.25, -0.2) is 0 Å². The molecule has 3 heteroatoms. The maximum Gasteiger partial charge on any atom is 0.0245 e. The molecule has 21 heavy (non-hydrogen) atoms. The fourth-order valence-corrected chi connectivity index (χ4v) is 3.29. The first-order valence-electron chi connectivity index (χ1n) is 8.31. The van der Waals surface area contributed by atoms with E-state index in [1.807, 2.05) is 11.3 Å². The first-order chi connectivity index (χ1) is 9.81. The zero-order valence-corrected chi connectivity index (χ0v) is 15.2. The highest BCUT2D eigenvalue weighted by molar-refractivity contribution is 7.07. The van der Waals surface area contributed by atoms with Gasteiger partial charge in [-0.2, -0.15) is 11.3 Å². The summed E-state index contributed by atoms with van der Waals surface area (Å²) in [6.07, 6.45) is 4.00. The molecule has 120 valence electrons. The fourth-order valence-electron chi connectivity index (χ4n) is 2.63. The summed E-state index contributed by atoms with van der Waals surface area (Å²) >= 11 is 1.81. The average Bonchev–Trinajstić information content (AvgIpc) is 3.14. The standard InChI is InChI=1S/C18H32N2S/c1-6-18(5,13-19-17(2,3)4)14-20(16-7-8-16)11-15-9-10-21-12-15/h9-10,12,16,19H,6-8,11,13-14H2,1-5H3. The molecule has 2 rings (SSSR count). The van der Waals surface area contributed by atoms with Crippen LogP contribution in [0.1, 0.15) is 59.4 Å². The van der Waals surface area contributed by atoms with Crippen molar-refractivity contribution in [2.75, 3.05) is 13.1 Å². The molecule has 0 amide bonds. The van der Waals surface area contributed by atoms with Gasteiger partial charge in [0.2, 0.25) is 0 Å². The Morgan fingerprint density at radius 1 is 1.29 bits per heavy atom. The van der Waals surface area contributed by atoms with Gasteiger partial charge in [0.05, 0.1) is 0 Å². The second kappa shape index (κ2) is 6.80. The molecule has 0 aliphatic heterocycles. The van der Waals surface area contributed by atoms with Crippen molar-refractivity contribution in [3.05, 3.63) is 22.4 Å². The second-order valence-electron chi connectivity index (χ2n) is 8.04. The van der Waals surface area contributed by atoms with Crippen LogP contribution >= 0.6 is 11.3 Å². The van der Waals surface area contributed by atoms with Gasteiger partial charge in [0.15, 0.2) is 0 Å². The van der Waals surface area contributed by atoms with E-state index in [1.165, 1.54) is 31.4 Å². The van der Waals surface area contributed by atoms with Crippen molar-refractivity contribution in [1.82, 2.24) is 10.2 Å². The molecule has 2 nitrogen and oxygen atoms in total. The Bertz CT molecular complexity index is 417. The van der Waals surface area contributed by atoms with Crippen LogP contribution in [-0.2, 0) is 6.54 Å². The SMILES string of the molecule is CCC(C)(CNC(C)(C)C)CN(Cc1ccsc1)C1CC1. The predicted octanol–water partition coefficient (Wildman–Crippen LogP) is 4.52. The zero-order valence-electron chi connectivity index (χ0n) is 14.4. The van der Waals surface area contributed by atoms with Crippen molar-refractivity contribution in [2.45, 2.75) is 72.0 Å². The zero-order chi connectivity index (χ0) is 15.5. The van der Waals surface area contributed by atoms with E-state index in [2.05, 4.69) is 61.7 Å². The first kappa shape index (κ1) is 17.0. The average molecular weight is 309 g/mol. The van der Waals surface area contributed by atoms with Crippen molar-refractivity contribution in [3.63, 3.8) is 0 Å². The molecule has 1 saturated carbocycles. The monoisotopic (exact) mass is 308 g/mol. The number of hydrogen-bond acceptors (Lipinski definition) is 3. The molecule has 0 radical (unpaired) electrons. The van der Waals surface area contributed by atoms with E-state index in [4.69, 9.17) is 0 Å². The molecule has 1 unspecified atom stereocenters. The highest BCUT2D eigenvalue weighted by atomic mass is 32.1. The molecule has 1 heterocycles. The van der Waals surface area contributed by atoms with E-state index in [0.29, 0.717) is 5.41 Å². The number of rotatable bonds is 8. The number of nitrogens with one attached hydrogen (secondary N) is 1. The topological polar surface area (TPSA) is 15.3 Å². The third-order valence-corrected chi connectivity index (χ3v) is 5.24. The Labute approximate surface area is 134 Å². The number of nitrogens with zero attached hydrogens (tertiary/aromatic N) is 1. The molecule has 1 atom stereocenters. The fraction of sp³-hybridized carbons (Fsp3) is 0.778. The van der Waals surface area contributed by atoms with E-state index < -0.39 is 0 Å². The Hall–Kier alpha value is -0.380. The van der Waals surface area contributed by atoms with Crippen LogP contribution in [0, 0.1) is 5.41 Å². The van der Waals surface area contributed by atoms with E-state index in [0.717, 1.165) is 19.1 Å². The van der Waals surface area contributed by atoms with Gasteiger partial charge in [0.25, 0.3) is 0 Å². The minimum absolute atomic E-state index is 0.203. The summed E-state index contributed by atoms with van der Waals surface area (Å²) < 4.78 is 0. The lowest BCUT2D eigenvalue weighted by Crippen LogP contribution is -2.47. The number of hydrogen-bond donors (Lipinski definition) is 1. The summed E-state index contributed by atoms with van der Waals surface area (Å²) in [6, 6.07) is 3.10. The van der Waals surface area contributed by atoms with Crippen LogP contribution in [0.25, 0.3) is 0 Å². The second-order valence-corrected chi connectivity index (χ2v) is 8.82. The predicted molar refractivity (Wildman–Crippen MR) is 93.9 cm³/mol. The molecule has 0 bridgehead atoms. The molecule has 0 saturated heterocycles. The van der Waals surface area contributed by atoms with E-state index in [-0.39, 0.29) is 5.54 Å². The van der Waals surface area contributed by atoms with Crippen molar-refractivity contribution in [1.29, 1.82) is 0 Å². The lowest BCUT2D eigenvalue weighted by atomic mass is 9.85. The van der Waals surface area contributed by atoms with E-state index in [9.17, 15) is 0 Å². The molecule has 1 aromatic heterocycles. The van der Waals surface area contributed by atoms with E-state index >= 15 is 0 Å². The lowest BCUT2D eigenvalue weighted by Gasteiger charge is -2.37. The van der Waals surface area contributed by atoms with Crippen LogP contribution in [0.3, 0.4) is 0 Å². The molecule has 1 fully saturated rings. The van der Waals surface area contributed by atoms with Crippen LogP contribution in [0.5, 0.6) is 0 Å². The summed E-state index contributed by atoms with van der Waals surface area (Å²) in [5, 5.41) is 8.21. The third-order valence-electron chi connectivity index (χ3n) is 4.51. The quantitative estimate of drug-likeness (QED) is 0.760. The molecular formula is C18H32N2S. The summed E-state index contributed by atoms with van der Waals surface area (Å²) in [5.74, 6) is 0. The molecule has 1 aliphatic carbocycles. The normalized spacial score (nSPS) is 19.0. The molecule has 1 N–H and O–H groups in total. The summed E-state index contributed by atoms with van der Waals surface area (Å²) in [4.78, 5) is 2.72. The van der Waals surface area contributed by atoms with Crippen LogP contribution in [-0.4, -0.2) is 29.6 Å².